The molecule has 0 aliphatic carbocycles. The van der Waals surface area contributed by atoms with Crippen LogP contribution in [0.4, 0.5) is 0 Å². The fourth-order valence-corrected chi connectivity index (χ4v) is 11.7. The number of hydrogen-bond acceptors (Lipinski definition) is 36. The molecule has 0 aromatic carbocycles. The number of ether oxygens (including phenoxy) is 13. The van der Waals surface area contributed by atoms with Gasteiger partial charge in [0.2, 0.25) is 17.7 Å². The fraction of sp³-hybridized carbons (Fsp3) is 0.938. The summed E-state index contributed by atoms with van der Waals surface area (Å²) in [5.74, 6) is -2.71. The molecule has 7 saturated heterocycles. The second-order valence-electron chi connectivity index (χ2n) is 22.3. The molecule has 7 aliphatic heterocycles. The van der Waals surface area contributed by atoms with E-state index in [1.165, 1.54) is 13.8 Å². The van der Waals surface area contributed by atoms with Crippen molar-refractivity contribution in [3.63, 3.8) is 0 Å². The number of aliphatic hydroxyl groups is 17. The van der Waals surface area contributed by atoms with Crippen LogP contribution in [0.3, 0.4) is 0 Å². The lowest BCUT2D eigenvalue weighted by Gasteiger charge is -2.51. The summed E-state index contributed by atoms with van der Waals surface area (Å²) >= 11 is 0. The quantitative estimate of drug-likeness (QED) is 0.0448. The number of carbonyl (C=O) groups is 3. The summed E-state index contributed by atoms with van der Waals surface area (Å²) < 4.78 is 114. The number of carbonyl (C=O) groups excluding carboxylic acids is 3. The second kappa shape index (κ2) is 31.1. The summed E-state index contributed by atoms with van der Waals surface area (Å²) in [6.07, 6.45) is -62.6. The second-order valence-corrected chi connectivity index (χ2v) is 23.3. The maximum absolute atomic E-state index is 13.1. The Bertz CT molecular complexity index is 2420. The molecule has 40 nitrogen and oxygen atoms in total. The Morgan fingerprint density at radius 2 is 0.753 bits per heavy atom. The zero-order valence-electron chi connectivity index (χ0n) is 48.0. The first kappa shape index (κ1) is 73.5. The molecule has 41 heteroatoms. The highest BCUT2D eigenvalue weighted by Gasteiger charge is 2.59. The van der Waals surface area contributed by atoms with Gasteiger partial charge in [-0.05, 0) is 13.8 Å². The Morgan fingerprint density at radius 1 is 0.371 bits per heavy atom. The molecular weight excluding hydrogens is 1240 g/mol. The summed E-state index contributed by atoms with van der Waals surface area (Å²) in [4.78, 5) is 38.9. The number of rotatable bonds is 22. The Kier molecular flexibility index (Phi) is 25.7. The van der Waals surface area contributed by atoms with E-state index in [4.69, 9.17) is 61.6 Å². The van der Waals surface area contributed by atoms with Crippen LogP contribution < -0.4 is 16.0 Å². The standard InChI is InChI=1S/C48H81N3O37S/c1-11-24(59)30(65)33(68)45(76-11)86-39-23(51-15(5)58)43(82-19(9-55)36(39)83-47-35(70)40(88-89(72,73)74)28(63)18(8-54)80-47)75-10-20-29(64)37(21(42(71)78-20)49-13(3)56)84-44-22(50-14(4)57)38(27(62)17(7-53)79-44)85-48-41(32(67)26(61)16(6-52)81-48)87-46-34(69)31(66)25(60)12(2)77-46/h11-12,16-48,52-55,59-71H,6-10H2,1-5H3,(H,49,56)(H,50,57)(H,51,58)(H,72,73,74)/t11-,12-,16+,17+,18+,19+,20+,21+,22+,23+,24+,25+,26-,27+,28-,29-,30+,31+,32-,33-,34-,35+,36+,37+,38+,39+,40-,41+,42?,43+,44-,45-,46-,47-,48-/m0/s1. The van der Waals surface area contributed by atoms with Gasteiger partial charge in [0.15, 0.2) is 44.0 Å². The van der Waals surface area contributed by atoms with Crippen LogP contribution in [0.25, 0.3) is 0 Å². The third-order valence-electron chi connectivity index (χ3n) is 15.9. The largest absolute Gasteiger partial charge is 0.397 e. The average molecular weight is 1320 g/mol. The summed E-state index contributed by atoms with van der Waals surface area (Å²) in [6, 6.07) is -5.54. The van der Waals surface area contributed by atoms with E-state index in [9.17, 15) is 114 Å². The smallest absolute Gasteiger partial charge is 0.394 e. The first-order valence-corrected chi connectivity index (χ1v) is 29.3. The van der Waals surface area contributed by atoms with Crippen molar-refractivity contribution in [2.75, 3.05) is 33.0 Å². The van der Waals surface area contributed by atoms with Gasteiger partial charge in [-0.2, -0.15) is 8.42 Å². The molecule has 0 bridgehead atoms. The van der Waals surface area contributed by atoms with E-state index >= 15 is 0 Å². The average Bonchev–Trinajstić information content (AvgIpc) is 0.881. The van der Waals surface area contributed by atoms with Crippen LogP contribution in [-0.4, -0.2) is 365 Å². The Hall–Kier alpha value is -2.92. The first-order chi connectivity index (χ1) is 41.7. The van der Waals surface area contributed by atoms with Crippen LogP contribution in [0.1, 0.15) is 34.6 Å². The molecule has 21 N–H and O–H groups in total. The molecule has 0 aromatic heterocycles. The van der Waals surface area contributed by atoms with E-state index in [1.54, 1.807) is 0 Å². The van der Waals surface area contributed by atoms with Gasteiger partial charge in [0.05, 0.1) is 45.2 Å². The highest BCUT2D eigenvalue weighted by molar-refractivity contribution is 7.80. The zero-order chi connectivity index (χ0) is 66.0. The number of aliphatic hydroxyl groups excluding tert-OH is 17. The van der Waals surface area contributed by atoms with Crippen molar-refractivity contribution in [2.45, 2.75) is 249 Å². The van der Waals surface area contributed by atoms with Crippen LogP contribution in [0.5, 0.6) is 0 Å². The zero-order valence-corrected chi connectivity index (χ0v) is 48.8. The summed E-state index contributed by atoms with van der Waals surface area (Å²) in [5.41, 5.74) is 0. The lowest BCUT2D eigenvalue weighted by molar-refractivity contribution is -0.384. The highest BCUT2D eigenvalue weighted by atomic mass is 32.3. The number of nitrogens with one attached hydrogen (secondary N) is 3. The van der Waals surface area contributed by atoms with Crippen molar-refractivity contribution in [1.29, 1.82) is 0 Å². The summed E-state index contributed by atoms with van der Waals surface area (Å²) in [7, 11) is -5.47. The van der Waals surface area contributed by atoms with Gasteiger partial charge in [-0.1, -0.05) is 0 Å². The predicted octanol–water partition coefficient (Wildman–Crippen LogP) is -14.0. The molecule has 35 atom stereocenters. The number of amides is 3. The van der Waals surface area contributed by atoms with Crippen LogP contribution in [0.2, 0.25) is 0 Å². The molecule has 0 saturated carbocycles. The minimum atomic E-state index is -5.47. The van der Waals surface area contributed by atoms with Gasteiger partial charge in [-0.15, -0.1) is 0 Å². The van der Waals surface area contributed by atoms with Gasteiger partial charge in [-0.3, -0.25) is 18.9 Å². The Morgan fingerprint density at radius 3 is 1.26 bits per heavy atom. The minimum Gasteiger partial charge on any atom is -0.394 e. The molecular formula is C48H81N3O37S. The van der Waals surface area contributed by atoms with Gasteiger partial charge in [-0.25, -0.2) is 4.18 Å². The van der Waals surface area contributed by atoms with E-state index in [2.05, 4.69) is 20.1 Å². The SMILES string of the molecule is CC(=O)N[C@H]1[C@H](OC[C@H]2OC(O)[C@H](NC(C)=O)[C@@H](O[C@@H]3O[C@H](CO)[C@@H](O)[C@H](O[C@@H]4O[C@H](CO)[C@H](O)[C@H](O)[C@H]4O[C@@H]4O[C@@H](C)[C@@H](O)[C@@H](O)[C@@H]4O)[C@H]3NC(C)=O)[C@H]2O)O[C@H](CO)[C@@H](O[C@@H]2O[C@H](CO)[C@H](O)[C@H](OS(=O)(=O)O)[C@H]2O)[C@@H]1O[C@@H]1O[C@@H](C)[C@@H](O)[C@@H](O)[C@@H]1O. The molecule has 0 radical (unpaired) electrons. The van der Waals surface area contributed by atoms with Crippen LogP contribution in [0.15, 0.2) is 0 Å². The highest BCUT2D eigenvalue weighted by Crippen LogP contribution is 2.38. The lowest BCUT2D eigenvalue weighted by Crippen LogP contribution is -2.71. The fourth-order valence-electron chi connectivity index (χ4n) is 11.2. The molecule has 1 unspecified atom stereocenters. The van der Waals surface area contributed by atoms with Gasteiger partial charge in [0, 0.05) is 20.8 Å². The van der Waals surface area contributed by atoms with Gasteiger partial charge >= 0.3 is 10.4 Å². The van der Waals surface area contributed by atoms with E-state index in [-0.39, 0.29) is 0 Å². The lowest BCUT2D eigenvalue weighted by atomic mass is 9.93. The molecule has 3 amide bonds. The summed E-state index contributed by atoms with van der Waals surface area (Å²) in [5, 5.41) is 193. The molecule has 7 fully saturated rings. The molecule has 7 rings (SSSR count). The van der Waals surface area contributed by atoms with E-state index in [1.807, 2.05) is 0 Å². The van der Waals surface area contributed by atoms with Gasteiger partial charge in [0.25, 0.3) is 0 Å². The third-order valence-corrected chi connectivity index (χ3v) is 16.3. The third kappa shape index (κ3) is 16.8. The van der Waals surface area contributed by atoms with E-state index in [0.29, 0.717) is 0 Å². The minimum absolute atomic E-state index is 0.880. The van der Waals surface area contributed by atoms with Crippen molar-refractivity contribution in [1.82, 2.24) is 16.0 Å². The van der Waals surface area contributed by atoms with Crippen molar-refractivity contribution in [2.24, 2.45) is 0 Å². The monoisotopic (exact) mass is 1320 g/mol. The van der Waals surface area contributed by atoms with Crippen molar-refractivity contribution in [3.8, 4) is 0 Å². The van der Waals surface area contributed by atoms with Crippen molar-refractivity contribution < 1.29 is 180 Å². The molecule has 0 spiro atoms. The van der Waals surface area contributed by atoms with Crippen molar-refractivity contribution >= 4 is 28.1 Å². The van der Waals surface area contributed by atoms with E-state index in [0.717, 1.165) is 20.8 Å². The normalized spacial score (nSPS) is 48.3. The summed E-state index contributed by atoms with van der Waals surface area (Å²) in [6.45, 7) is 0.143. The molecule has 516 valence electrons. The topological polar surface area (TPSA) is 615 Å². The van der Waals surface area contributed by atoms with Crippen molar-refractivity contribution in [3.05, 3.63) is 0 Å². The van der Waals surface area contributed by atoms with Crippen LogP contribution in [0, 0.1) is 0 Å². The molecule has 0 aromatic rings. The van der Waals surface area contributed by atoms with Gasteiger partial charge in [0.1, 0.15) is 159 Å². The Labute approximate surface area is 505 Å². The number of hydrogen-bond donors (Lipinski definition) is 21. The van der Waals surface area contributed by atoms with Crippen LogP contribution in [-0.2, 0) is 90.5 Å². The predicted molar refractivity (Wildman–Crippen MR) is 274 cm³/mol. The van der Waals surface area contributed by atoms with E-state index < -0.39 is 276 Å². The van der Waals surface area contributed by atoms with Gasteiger partial charge < -0.3 is 164 Å². The molecule has 89 heavy (non-hydrogen) atoms. The maximum atomic E-state index is 13.1. The Balaban J connectivity index is 1.20. The maximum Gasteiger partial charge on any atom is 0.397 e. The molecule has 7 aliphatic rings. The first-order valence-electron chi connectivity index (χ1n) is 28.0. The van der Waals surface area contributed by atoms with Crippen LogP contribution >= 0.6 is 0 Å². The molecule has 7 heterocycles.